The normalized spacial score (nSPS) is 13.6. The number of allylic oxidation sites excluding steroid dienone is 1. The quantitative estimate of drug-likeness (QED) is 0.170. The minimum atomic E-state index is 0.513. The van der Waals surface area contributed by atoms with Gasteiger partial charge >= 0.3 is 0 Å². The second-order valence-corrected chi connectivity index (χ2v) is 15.3. The molecule has 0 amide bonds. The molecule has 1 atom stereocenters. The van der Waals surface area contributed by atoms with Gasteiger partial charge in [-0.3, -0.25) is 0 Å². The average Bonchev–Trinajstić information content (AvgIpc) is 3.67. The Balaban J connectivity index is 0.969. The average molecular weight is 744 g/mol. The molecular formula is C54H37N3O. The fraction of sp³-hybridized carbons (Fsp3) is 0.0556. The van der Waals surface area contributed by atoms with Gasteiger partial charge in [-0.05, 0) is 98.0 Å². The van der Waals surface area contributed by atoms with Crippen molar-refractivity contribution in [2.45, 2.75) is 19.3 Å². The van der Waals surface area contributed by atoms with Crippen LogP contribution in [-0.4, -0.2) is 15.0 Å². The van der Waals surface area contributed by atoms with Gasteiger partial charge in [0.2, 0.25) is 0 Å². The molecule has 0 radical (unpaired) electrons. The maximum Gasteiger partial charge on any atom is 0.164 e. The molecule has 4 heteroatoms. The van der Waals surface area contributed by atoms with Gasteiger partial charge in [0.1, 0.15) is 11.2 Å². The van der Waals surface area contributed by atoms with Crippen molar-refractivity contribution < 1.29 is 4.42 Å². The van der Waals surface area contributed by atoms with Crippen LogP contribution in [0.15, 0.2) is 186 Å². The van der Waals surface area contributed by atoms with Gasteiger partial charge in [-0.25, -0.2) is 15.0 Å². The van der Waals surface area contributed by atoms with Gasteiger partial charge in [-0.15, -0.1) is 0 Å². The number of furan rings is 1. The molecule has 58 heavy (non-hydrogen) atoms. The van der Waals surface area contributed by atoms with Crippen LogP contribution in [0.3, 0.4) is 0 Å². The lowest BCUT2D eigenvalue weighted by Crippen LogP contribution is -2.00. The first kappa shape index (κ1) is 33.9. The topological polar surface area (TPSA) is 51.8 Å². The van der Waals surface area contributed by atoms with Crippen LogP contribution in [0.2, 0.25) is 0 Å². The van der Waals surface area contributed by atoms with Gasteiger partial charge in [0, 0.05) is 27.5 Å². The summed E-state index contributed by atoms with van der Waals surface area (Å²) in [5.41, 5.74) is 14.4. The van der Waals surface area contributed by atoms with Crippen LogP contribution in [0.5, 0.6) is 0 Å². The largest absolute Gasteiger partial charge is 0.456 e. The van der Waals surface area contributed by atoms with Gasteiger partial charge in [0.05, 0.1) is 0 Å². The molecule has 1 aliphatic rings. The van der Waals surface area contributed by atoms with Crippen molar-refractivity contribution in [1.82, 2.24) is 15.0 Å². The Bertz CT molecular complexity index is 3200. The van der Waals surface area contributed by atoms with E-state index in [0.29, 0.717) is 23.4 Å². The predicted octanol–water partition coefficient (Wildman–Crippen LogP) is 14.4. The second-order valence-electron chi connectivity index (χ2n) is 15.3. The lowest BCUT2D eigenvalue weighted by Gasteiger charge is -2.19. The zero-order valence-corrected chi connectivity index (χ0v) is 31.9. The van der Waals surface area contributed by atoms with E-state index in [1.807, 2.05) is 36.4 Å². The van der Waals surface area contributed by atoms with Crippen LogP contribution in [0.4, 0.5) is 0 Å². The van der Waals surface area contributed by atoms with Crippen molar-refractivity contribution in [3.05, 3.63) is 193 Å². The molecule has 274 valence electrons. The highest BCUT2D eigenvalue weighted by Crippen LogP contribution is 2.41. The summed E-state index contributed by atoms with van der Waals surface area (Å²) in [6, 6.07) is 62.0. The fourth-order valence-electron chi connectivity index (χ4n) is 8.45. The van der Waals surface area contributed by atoms with E-state index in [1.165, 1.54) is 27.8 Å². The first-order chi connectivity index (χ1) is 28.6. The van der Waals surface area contributed by atoms with Gasteiger partial charge < -0.3 is 4.42 Å². The van der Waals surface area contributed by atoms with Gasteiger partial charge in [0.25, 0.3) is 0 Å². The molecule has 0 fully saturated rings. The summed E-state index contributed by atoms with van der Waals surface area (Å²) < 4.78 is 6.45. The third-order valence-corrected chi connectivity index (χ3v) is 11.6. The SMILES string of the molecule is CC1CC=Cc2ccc(-c3ccc4oc5cccc(-c6ccc7cc(-c8nc(-c9ccccc9)nc(-c9ccc(-c%10ccccc%10)cc9)n8)ccc7c6)c5c4c3)cc21. The maximum absolute atomic E-state index is 6.45. The Morgan fingerprint density at radius 3 is 1.78 bits per heavy atom. The lowest BCUT2D eigenvalue weighted by molar-refractivity contribution is 0.669. The van der Waals surface area contributed by atoms with E-state index in [2.05, 4.69) is 159 Å². The Labute approximate surface area is 336 Å². The van der Waals surface area contributed by atoms with Crippen LogP contribution in [0.1, 0.15) is 30.4 Å². The number of benzene rings is 8. The second kappa shape index (κ2) is 13.9. The zero-order valence-electron chi connectivity index (χ0n) is 31.9. The lowest BCUT2D eigenvalue weighted by atomic mass is 9.86. The molecule has 0 spiro atoms. The molecule has 2 heterocycles. The molecule has 2 aromatic heterocycles. The zero-order chi connectivity index (χ0) is 38.6. The highest BCUT2D eigenvalue weighted by atomic mass is 16.3. The van der Waals surface area contributed by atoms with Crippen LogP contribution in [0.25, 0.3) is 106 Å². The molecule has 0 saturated heterocycles. The van der Waals surface area contributed by atoms with Crippen molar-refractivity contribution in [1.29, 1.82) is 0 Å². The Morgan fingerprint density at radius 1 is 0.448 bits per heavy atom. The molecule has 1 aliphatic carbocycles. The summed E-state index contributed by atoms with van der Waals surface area (Å²) in [6.45, 7) is 2.31. The van der Waals surface area contributed by atoms with E-state index in [4.69, 9.17) is 19.4 Å². The molecule has 11 rings (SSSR count). The first-order valence-corrected chi connectivity index (χ1v) is 19.9. The molecule has 0 N–H and O–H groups in total. The molecule has 0 bridgehead atoms. The number of aromatic nitrogens is 3. The van der Waals surface area contributed by atoms with Crippen molar-refractivity contribution in [3.63, 3.8) is 0 Å². The summed E-state index contributed by atoms with van der Waals surface area (Å²) in [6.07, 6.45) is 5.61. The number of hydrogen-bond acceptors (Lipinski definition) is 4. The Kier molecular flexibility index (Phi) is 8.14. The highest BCUT2D eigenvalue weighted by molar-refractivity contribution is 6.13. The van der Waals surface area contributed by atoms with E-state index < -0.39 is 0 Å². The van der Waals surface area contributed by atoms with E-state index in [-0.39, 0.29) is 0 Å². The van der Waals surface area contributed by atoms with Crippen LogP contribution in [0, 0.1) is 0 Å². The van der Waals surface area contributed by atoms with Crippen molar-refractivity contribution in [2.24, 2.45) is 0 Å². The van der Waals surface area contributed by atoms with Crippen LogP contribution >= 0.6 is 0 Å². The van der Waals surface area contributed by atoms with E-state index in [1.54, 1.807) is 0 Å². The first-order valence-electron chi connectivity index (χ1n) is 19.9. The standard InChI is InChI=1S/C54H37N3O/c1-34-10-8-15-37-20-23-42(32-47(34)37)43-28-29-49-48(33-43)51-46(16-9-17-50(51)58-49)44-26-24-41-31-45(27-25-40(41)30-44)54-56-52(38-13-6-3-7-14-38)55-53(57-54)39-21-18-36(19-22-39)35-11-4-2-5-12-35/h2-9,11-34H,10H2,1H3. The smallest absolute Gasteiger partial charge is 0.164 e. The molecule has 8 aromatic carbocycles. The van der Waals surface area contributed by atoms with Crippen LogP contribution < -0.4 is 0 Å². The minimum absolute atomic E-state index is 0.513. The summed E-state index contributed by atoms with van der Waals surface area (Å²) >= 11 is 0. The van der Waals surface area contributed by atoms with Gasteiger partial charge in [-0.1, -0.05) is 165 Å². The molecular weight excluding hydrogens is 707 g/mol. The number of hydrogen-bond donors (Lipinski definition) is 0. The Hall–Kier alpha value is -7.43. The molecule has 1 unspecified atom stereocenters. The summed E-state index contributed by atoms with van der Waals surface area (Å²) in [5, 5.41) is 4.50. The fourth-order valence-corrected chi connectivity index (χ4v) is 8.45. The minimum Gasteiger partial charge on any atom is -0.456 e. The number of nitrogens with zero attached hydrogens (tertiary/aromatic N) is 3. The summed E-state index contributed by atoms with van der Waals surface area (Å²) in [4.78, 5) is 15.0. The van der Waals surface area contributed by atoms with E-state index in [0.717, 1.165) is 72.5 Å². The third-order valence-electron chi connectivity index (χ3n) is 11.6. The highest BCUT2D eigenvalue weighted by Gasteiger charge is 2.18. The predicted molar refractivity (Wildman–Crippen MR) is 239 cm³/mol. The van der Waals surface area contributed by atoms with Crippen molar-refractivity contribution in [3.8, 4) is 67.5 Å². The Morgan fingerprint density at radius 2 is 1.02 bits per heavy atom. The van der Waals surface area contributed by atoms with E-state index in [9.17, 15) is 0 Å². The monoisotopic (exact) mass is 743 g/mol. The van der Waals surface area contributed by atoms with Crippen molar-refractivity contribution >= 4 is 38.8 Å². The molecule has 4 nitrogen and oxygen atoms in total. The molecule has 0 saturated carbocycles. The van der Waals surface area contributed by atoms with Gasteiger partial charge in [0.15, 0.2) is 17.5 Å². The summed E-state index contributed by atoms with van der Waals surface area (Å²) in [5.74, 6) is 2.43. The van der Waals surface area contributed by atoms with Crippen LogP contribution in [-0.2, 0) is 0 Å². The van der Waals surface area contributed by atoms with E-state index >= 15 is 0 Å². The summed E-state index contributed by atoms with van der Waals surface area (Å²) in [7, 11) is 0. The van der Waals surface area contributed by atoms with Gasteiger partial charge in [-0.2, -0.15) is 0 Å². The molecule has 0 aliphatic heterocycles. The molecule has 10 aromatic rings. The number of rotatable bonds is 6. The number of fused-ring (bicyclic) bond motifs is 5. The van der Waals surface area contributed by atoms with Crippen molar-refractivity contribution in [2.75, 3.05) is 0 Å². The third kappa shape index (κ3) is 6.07. The maximum atomic E-state index is 6.45.